The molecule has 22 heavy (non-hydrogen) atoms. The fraction of sp³-hybridized carbons (Fsp3) is 0.294. The lowest BCUT2D eigenvalue weighted by Crippen LogP contribution is -2.15. The number of aryl methyl sites for hydroxylation is 1. The zero-order chi connectivity index (χ0) is 15.7. The van der Waals surface area contributed by atoms with Gasteiger partial charge in [-0.3, -0.25) is 0 Å². The minimum Gasteiger partial charge on any atom is -0.504 e. The first kappa shape index (κ1) is 14.4. The summed E-state index contributed by atoms with van der Waals surface area (Å²) in [7, 11) is 3.04. The second-order valence-electron chi connectivity index (χ2n) is 5.21. The summed E-state index contributed by atoms with van der Waals surface area (Å²) in [6.45, 7) is 0. The third kappa shape index (κ3) is 2.50. The Kier molecular flexibility index (Phi) is 3.71. The highest BCUT2D eigenvalue weighted by atomic mass is 16.5. The minimum absolute atomic E-state index is 0.0604. The number of methoxy groups -OCH3 is 2. The average Bonchev–Trinajstić information content (AvgIpc) is 2.54. The van der Waals surface area contributed by atoms with Crippen LogP contribution in [0, 0.1) is 0 Å². The lowest BCUT2D eigenvalue weighted by atomic mass is 9.97. The summed E-state index contributed by atoms with van der Waals surface area (Å²) in [6, 6.07) is 8.57. The van der Waals surface area contributed by atoms with Crippen LogP contribution < -0.4 is 14.2 Å². The Morgan fingerprint density at radius 2 is 1.73 bits per heavy atom. The number of phenolic OH excluding ortho intramolecular Hbond substituents is 2. The molecule has 0 radical (unpaired) electrons. The molecule has 0 unspecified atom stereocenters. The van der Waals surface area contributed by atoms with Crippen molar-refractivity contribution in [1.82, 2.24) is 0 Å². The number of fused-ring (bicyclic) bond motifs is 1. The van der Waals surface area contributed by atoms with Crippen molar-refractivity contribution in [1.29, 1.82) is 0 Å². The molecule has 0 saturated carbocycles. The molecule has 2 aromatic rings. The Hall–Kier alpha value is -2.56. The molecule has 1 heterocycles. The van der Waals surface area contributed by atoms with E-state index < -0.39 is 0 Å². The second-order valence-corrected chi connectivity index (χ2v) is 5.21. The van der Waals surface area contributed by atoms with Gasteiger partial charge in [0.05, 0.1) is 14.2 Å². The SMILES string of the molecule is COc1cc([C@@H]2CCc3cc(OC)c(O)cc3O2)ccc1O. The molecule has 0 bridgehead atoms. The van der Waals surface area contributed by atoms with Crippen LogP contribution in [-0.4, -0.2) is 24.4 Å². The first-order valence-corrected chi connectivity index (χ1v) is 7.05. The number of phenols is 2. The highest BCUT2D eigenvalue weighted by Crippen LogP contribution is 2.42. The molecule has 1 atom stereocenters. The fourth-order valence-corrected chi connectivity index (χ4v) is 2.69. The van der Waals surface area contributed by atoms with Crippen LogP contribution in [0.15, 0.2) is 30.3 Å². The monoisotopic (exact) mass is 302 g/mol. The van der Waals surface area contributed by atoms with E-state index >= 15 is 0 Å². The largest absolute Gasteiger partial charge is 0.504 e. The molecule has 2 aromatic carbocycles. The summed E-state index contributed by atoms with van der Waals surface area (Å²) in [5.41, 5.74) is 1.94. The number of aromatic hydroxyl groups is 2. The topological polar surface area (TPSA) is 68.2 Å². The maximum absolute atomic E-state index is 9.88. The Morgan fingerprint density at radius 1 is 1.00 bits per heavy atom. The van der Waals surface area contributed by atoms with Gasteiger partial charge in [0.2, 0.25) is 0 Å². The van der Waals surface area contributed by atoms with E-state index in [2.05, 4.69) is 0 Å². The van der Waals surface area contributed by atoms with Crippen molar-refractivity contribution in [3.63, 3.8) is 0 Å². The van der Waals surface area contributed by atoms with Gasteiger partial charge in [0.25, 0.3) is 0 Å². The number of hydrogen-bond acceptors (Lipinski definition) is 5. The molecule has 0 aliphatic carbocycles. The molecule has 1 aliphatic rings. The maximum Gasteiger partial charge on any atom is 0.161 e. The van der Waals surface area contributed by atoms with E-state index in [0.717, 1.165) is 24.0 Å². The van der Waals surface area contributed by atoms with Crippen molar-refractivity contribution in [2.75, 3.05) is 14.2 Å². The van der Waals surface area contributed by atoms with Crippen molar-refractivity contribution in [2.45, 2.75) is 18.9 Å². The lowest BCUT2D eigenvalue weighted by Gasteiger charge is -2.27. The van der Waals surface area contributed by atoms with Gasteiger partial charge in [-0.15, -0.1) is 0 Å². The second kappa shape index (κ2) is 5.67. The maximum atomic E-state index is 9.88. The van der Waals surface area contributed by atoms with Gasteiger partial charge in [0.15, 0.2) is 23.0 Å². The molecule has 0 saturated heterocycles. The van der Waals surface area contributed by atoms with Gasteiger partial charge in [-0.25, -0.2) is 0 Å². The van der Waals surface area contributed by atoms with Crippen molar-refractivity contribution < 1.29 is 24.4 Å². The van der Waals surface area contributed by atoms with Crippen molar-refractivity contribution in [2.24, 2.45) is 0 Å². The molecule has 0 amide bonds. The number of rotatable bonds is 3. The third-order valence-electron chi connectivity index (χ3n) is 3.88. The Labute approximate surface area is 128 Å². The highest BCUT2D eigenvalue weighted by Gasteiger charge is 2.24. The summed E-state index contributed by atoms with van der Waals surface area (Å²) in [5, 5.41) is 19.6. The normalized spacial score (nSPS) is 16.5. The fourth-order valence-electron chi connectivity index (χ4n) is 2.69. The van der Waals surface area contributed by atoms with E-state index in [1.807, 2.05) is 6.07 Å². The van der Waals surface area contributed by atoms with E-state index in [-0.39, 0.29) is 17.6 Å². The van der Waals surface area contributed by atoms with Crippen LogP contribution in [-0.2, 0) is 6.42 Å². The predicted molar refractivity (Wildman–Crippen MR) is 81.0 cm³/mol. The van der Waals surface area contributed by atoms with Gasteiger partial charge in [-0.2, -0.15) is 0 Å². The summed E-state index contributed by atoms with van der Waals surface area (Å²) in [4.78, 5) is 0. The molecular formula is C17H18O5. The number of ether oxygens (including phenoxy) is 3. The first-order chi connectivity index (χ1) is 10.6. The lowest BCUT2D eigenvalue weighted by molar-refractivity contribution is 0.175. The van der Waals surface area contributed by atoms with Crippen LogP contribution in [0.1, 0.15) is 23.7 Å². The summed E-state index contributed by atoms with van der Waals surface area (Å²) < 4.78 is 16.2. The zero-order valence-corrected chi connectivity index (χ0v) is 12.5. The van der Waals surface area contributed by atoms with Gasteiger partial charge in [-0.05, 0) is 42.2 Å². The van der Waals surface area contributed by atoms with Gasteiger partial charge < -0.3 is 24.4 Å². The highest BCUT2D eigenvalue weighted by molar-refractivity contribution is 5.51. The van der Waals surface area contributed by atoms with Crippen LogP contribution in [0.25, 0.3) is 0 Å². The molecule has 2 N–H and O–H groups in total. The molecule has 1 aliphatic heterocycles. The summed E-state index contributed by atoms with van der Waals surface area (Å²) in [6.07, 6.45) is 1.48. The van der Waals surface area contributed by atoms with Crippen LogP contribution >= 0.6 is 0 Å². The van der Waals surface area contributed by atoms with Crippen LogP contribution in [0.5, 0.6) is 28.7 Å². The van der Waals surface area contributed by atoms with Crippen molar-refractivity contribution >= 4 is 0 Å². The molecule has 0 spiro atoms. The summed E-state index contributed by atoms with van der Waals surface area (Å²) in [5.74, 6) is 1.69. The number of hydrogen-bond donors (Lipinski definition) is 2. The van der Waals surface area contributed by atoms with Crippen LogP contribution in [0.4, 0.5) is 0 Å². The Balaban J connectivity index is 1.89. The molecule has 5 heteroatoms. The molecule has 116 valence electrons. The molecule has 3 rings (SSSR count). The number of benzene rings is 2. The van der Waals surface area contributed by atoms with E-state index in [1.54, 1.807) is 24.3 Å². The minimum atomic E-state index is -0.144. The molecule has 5 nitrogen and oxygen atoms in total. The van der Waals surface area contributed by atoms with E-state index in [9.17, 15) is 10.2 Å². The van der Waals surface area contributed by atoms with Gasteiger partial charge >= 0.3 is 0 Å². The zero-order valence-electron chi connectivity index (χ0n) is 12.5. The van der Waals surface area contributed by atoms with Gasteiger partial charge in [0.1, 0.15) is 11.9 Å². The van der Waals surface area contributed by atoms with Crippen LogP contribution in [0.2, 0.25) is 0 Å². The standard InChI is InChI=1S/C17H18O5/c1-20-16-7-10(3-5-12(16)18)14-6-4-11-8-17(21-2)13(19)9-15(11)22-14/h3,5,7-9,14,18-19H,4,6H2,1-2H3/t14-/m0/s1. The van der Waals surface area contributed by atoms with E-state index in [0.29, 0.717) is 17.2 Å². The average molecular weight is 302 g/mol. The van der Waals surface area contributed by atoms with Crippen molar-refractivity contribution in [3.05, 3.63) is 41.5 Å². The molecule has 0 aromatic heterocycles. The summed E-state index contributed by atoms with van der Waals surface area (Å²) >= 11 is 0. The van der Waals surface area contributed by atoms with Gasteiger partial charge in [-0.1, -0.05) is 6.07 Å². The van der Waals surface area contributed by atoms with E-state index in [1.165, 1.54) is 14.2 Å². The van der Waals surface area contributed by atoms with Crippen molar-refractivity contribution in [3.8, 4) is 28.7 Å². The quantitative estimate of drug-likeness (QED) is 0.911. The van der Waals surface area contributed by atoms with Gasteiger partial charge in [0, 0.05) is 6.07 Å². The first-order valence-electron chi connectivity index (χ1n) is 7.05. The Morgan fingerprint density at radius 3 is 2.45 bits per heavy atom. The molecule has 0 fully saturated rings. The van der Waals surface area contributed by atoms with Crippen LogP contribution in [0.3, 0.4) is 0 Å². The molecular weight excluding hydrogens is 284 g/mol. The smallest absolute Gasteiger partial charge is 0.161 e. The third-order valence-corrected chi connectivity index (χ3v) is 3.88. The van der Waals surface area contributed by atoms with E-state index in [4.69, 9.17) is 14.2 Å². The predicted octanol–water partition coefficient (Wildman–Crippen LogP) is 3.18. The Bertz CT molecular complexity index is 696.